The predicted octanol–water partition coefficient (Wildman–Crippen LogP) is 1.53. The Morgan fingerprint density at radius 2 is 1.78 bits per heavy atom. The number of ether oxygens (including phenoxy) is 1. The second kappa shape index (κ2) is 4.21. The molecule has 0 saturated carbocycles. The van der Waals surface area contributed by atoms with Crippen LogP contribution in [0, 0.1) is 5.82 Å². The third-order valence-corrected chi connectivity index (χ3v) is 3.59. The molecule has 0 N–H and O–H groups in total. The summed E-state index contributed by atoms with van der Waals surface area (Å²) in [5.74, 6) is -0.597. The summed E-state index contributed by atoms with van der Waals surface area (Å²) < 4.78 is 30.5. The summed E-state index contributed by atoms with van der Waals surface area (Å²) in [6.07, 6.45) is 1.47. The van der Waals surface area contributed by atoms with Crippen molar-refractivity contribution in [2.75, 3.05) is 7.11 Å². The minimum Gasteiger partial charge on any atom is -0.479 e. The number of hydrogen-bond acceptors (Lipinski definition) is 4. The number of methoxy groups -OCH3 is 1. The molecule has 0 bridgehead atoms. The van der Waals surface area contributed by atoms with Crippen molar-refractivity contribution in [1.29, 1.82) is 0 Å². The van der Waals surface area contributed by atoms with Gasteiger partial charge in [-0.2, -0.15) is 0 Å². The van der Waals surface area contributed by atoms with Crippen LogP contribution in [0.5, 0.6) is 5.88 Å². The van der Waals surface area contributed by atoms with Gasteiger partial charge in [0.1, 0.15) is 0 Å². The highest BCUT2D eigenvalue weighted by molar-refractivity contribution is 6.62. The van der Waals surface area contributed by atoms with Crippen molar-refractivity contribution in [3.05, 3.63) is 18.1 Å². The third-order valence-electron chi connectivity index (χ3n) is 3.59. The SMILES string of the molecule is COc1nccc(B2OC(C)(C)C(C)(C)O2)c1F. The number of aromatic nitrogens is 1. The predicted molar refractivity (Wildman–Crippen MR) is 66.5 cm³/mol. The second-order valence-electron chi connectivity index (χ2n) is 5.31. The fraction of sp³-hybridized carbons (Fsp3) is 0.583. The van der Waals surface area contributed by atoms with Crippen LogP contribution in [0.2, 0.25) is 0 Å². The molecule has 1 aliphatic heterocycles. The lowest BCUT2D eigenvalue weighted by Gasteiger charge is -2.32. The average Bonchev–Trinajstić information content (AvgIpc) is 2.48. The van der Waals surface area contributed by atoms with Crippen molar-refractivity contribution in [3.8, 4) is 5.88 Å². The Balaban J connectivity index is 2.35. The summed E-state index contributed by atoms with van der Waals surface area (Å²) in [7, 11) is 0.631. The van der Waals surface area contributed by atoms with Gasteiger partial charge in [0.25, 0.3) is 0 Å². The van der Waals surface area contributed by atoms with Crippen LogP contribution in [-0.4, -0.2) is 30.4 Å². The zero-order valence-corrected chi connectivity index (χ0v) is 11.3. The first-order valence-electron chi connectivity index (χ1n) is 5.82. The molecule has 0 spiro atoms. The number of pyridine rings is 1. The monoisotopic (exact) mass is 253 g/mol. The molecule has 1 fully saturated rings. The maximum absolute atomic E-state index is 14.1. The quantitative estimate of drug-likeness (QED) is 0.749. The second-order valence-corrected chi connectivity index (χ2v) is 5.31. The summed E-state index contributed by atoms with van der Waals surface area (Å²) in [6, 6.07) is 1.54. The zero-order valence-electron chi connectivity index (χ0n) is 11.3. The van der Waals surface area contributed by atoms with Crippen LogP contribution < -0.4 is 10.2 Å². The van der Waals surface area contributed by atoms with E-state index in [2.05, 4.69) is 4.98 Å². The van der Waals surface area contributed by atoms with Crippen LogP contribution in [0.4, 0.5) is 4.39 Å². The Morgan fingerprint density at radius 3 is 2.28 bits per heavy atom. The van der Waals surface area contributed by atoms with Gasteiger partial charge in [-0.1, -0.05) is 0 Å². The lowest BCUT2D eigenvalue weighted by atomic mass is 9.79. The number of hydrogen-bond donors (Lipinski definition) is 0. The highest BCUT2D eigenvalue weighted by atomic mass is 19.1. The van der Waals surface area contributed by atoms with Crippen molar-refractivity contribution < 1.29 is 18.4 Å². The maximum atomic E-state index is 14.1. The Labute approximate surface area is 107 Å². The van der Waals surface area contributed by atoms with E-state index in [1.54, 1.807) is 6.07 Å². The minimum atomic E-state index is -0.744. The van der Waals surface area contributed by atoms with E-state index in [0.717, 1.165) is 0 Å². The van der Waals surface area contributed by atoms with Gasteiger partial charge in [-0.3, -0.25) is 0 Å². The van der Waals surface area contributed by atoms with Crippen LogP contribution >= 0.6 is 0 Å². The smallest absolute Gasteiger partial charge is 0.479 e. The molecule has 0 radical (unpaired) electrons. The lowest BCUT2D eigenvalue weighted by Crippen LogP contribution is -2.41. The highest BCUT2D eigenvalue weighted by Crippen LogP contribution is 2.36. The number of halogens is 1. The normalized spacial score (nSPS) is 21.1. The Morgan fingerprint density at radius 1 is 1.22 bits per heavy atom. The van der Waals surface area contributed by atoms with Crippen molar-refractivity contribution in [2.24, 2.45) is 0 Å². The molecule has 98 valence electrons. The van der Waals surface area contributed by atoms with Gasteiger partial charge in [-0.05, 0) is 33.8 Å². The Kier molecular flexibility index (Phi) is 3.11. The first kappa shape index (κ1) is 13.3. The van der Waals surface area contributed by atoms with Gasteiger partial charge in [0.05, 0.1) is 18.3 Å². The van der Waals surface area contributed by atoms with Crippen molar-refractivity contribution >= 4 is 12.6 Å². The molecule has 1 saturated heterocycles. The van der Waals surface area contributed by atoms with E-state index in [-0.39, 0.29) is 5.88 Å². The molecule has 4 nitrogen and oxygen atoms in total. The molecule has 0 unspecified atom stereocenters. The van der Waals surface area contributed by atoms with Gasteiger partial charge in [0.15, 0.2) is 5.82 Å². The summed E-state index contributed by atoms with van der Waals surface area (Å²) >= 11 is 0. The molecular formula is C12H17BFNO3. The molecule has 0 aromatic carbocycles. The van der Waals surface area contributed by atoms with E-state index in [1.807, 2.05) is 27.7 Å². The molecule has 0 aliphatic carbocycles. The van der Waals surface area contributed by atoms with Crippen LogP contribution in [0.25, 0.3) is 0 Å². The summed E-state index contributed by atoms with van der Waals surface area (Å²) in [5, 5.41) is 0. The Hall–Kier alpha value is -1.14. The molecule has 6 heteroatoms. The van der Waals surface area contributed by atoms with Gasteiger partial charge in [0.2, 0.25) is 5.88 Å². The van der Waals surface area contributed by atoms with Crippen LogP contribution in [-0.2, 0) is 9.31 Å². The minimum absolute atomic E-state index is 0.0535. The van der Waals surface area contributed by atoms with E-state index in [1.165, 1.54) is 13.3 Å². The van der Waals surface area contributed by atoms with E-state index in [4.69, 9.17) is 14.0 Å². The zero-order chi connectivity index (χ0) is 13.6. The molecule has 2 heterocycles. The van der Waals surface area contributed by atoms with Gasteiger partial charge in [-0.25, -0.2) is 9.37 Å². The van der Waals surface area contributed by atoms with Crippen molar-refractivity contribution in [2.45, 2.75) is 38.9 Å². The molecule has 0 atom stereocenters. The standard InChI is InChI=1S/C12H17BFNO3/c1-11(2)12(3,4)18-13(17-11)8-6-7-15-10(16-5)9(8)14/h6-7H,1-5H3. The third kappa shape index (κ3) is 1.99. The van der Waals surface area contributed by atoms with Gasteiger partial charge in [0, 0.05) is 11.7 Å². The van der Waals surface area contributed by atoms with Crippen LogP contribution in [0.1, 0.15) is 27.7 Å². The average molecular weight is 253 g/mol. The molecule has 1 aromatic rings. The largest absolute Gasteiger partial charge is 0.498 e. The molecular weight excluding hydrogens is 236 g/mol. The van der Waals surface area contributed by atoms with Crippen LogP contribution in [0.15, 0.2) is 12.3 Å². The topological polar surface area (TPSA) is 40.6 Å². The number of rotatable bonds is 2. The van der Waals surface area contributed by atoms with E-state index >= 15 is 0 Å². The lowest BCUT2D eigenvalue weighted by molar-refractivity contribution is 0.00578. The first-order valence-corrected chi connectivity index (χ1v) is 5.82. The Bertz CT molecular complexity index is 449. The van der Waals surface area contributed by atoms with Gasteiger partial charge >= 0.3 is 7.12 Å². The van der Waals surface area contributed by atoms with Crippen molar-refractivity contribution in [1.82, 2.24) is 4.98 Å². The fourth-order valence-corrected chi connectivity index (χ4v) is 1.73. The van der Waals surface area contributed by atoms with Gasteiger partial charge in [-0.15, -0.1) is 0 Å². The number of nitrogens with zero attached hydrogens (tertiary/aromatic N) is 1. The summed E-state index contributed by atoms with van der Waals surface area (Å²) in [4.78, 5) is 3.79. The summed E-state index contributed by atoms with van der Waals surface area (Å²) in [5.41, 5.74) is -0.693. The fourth-order valence-electron chi connectivity index (χ4n) is 1.73. The van der Waals surface area contributed by atoms with E-state index in [0.29, 0.717) is 5.46 Å². The molecule has 1 aliphatic rings. The first-order chi connectivity index (χ1) is 8.28. The van der Waals surface area contributed by atoms with Crippen LogP contribution in [0.3, 0.4) is 0 Å². The molecule has 1 aromatic heterocycles. The van der Waals surface area contributed by atoms with Gasteiger partial charge < -0.3 is 14.0 Å². The molecule has 18 heavy (non-hydrogen) atoms. The summed E-state index contributed by atoms with van der Waals surface area (Å²) in [6.45, 7) is 7.68. The van der Waals surface area contributed by atoms with E-state index in [9.17, 15) is 4.39 Å². The maximum Gasteiger partial charge on any atom is 0.498 e. The van der Waals surface area contributed by atoms with E-state index < -0.39 is 24.1 Å². The molecule has 2 rings (SSSR count). The van der Waals surface area contributed by atoms with Crippen molar-refractivity contribution in [3.63, 3.8) is 0 Å². The highest BCUT2D eigenvalue weighted by Gasteiger charge is 2.52. The molecule has 0 amide bonds.